The first-order chi connectivity index (χ1) is 14.1. The maximum Gasteiger partial charge on any atom is 0.254 e. The maximum atomic E-state index is 13.3. The summed E-state index contributed by atoms with van der Waals surface area (Å²) in [4.78, 5) is 15.0. The van der Waals surface area contributed by atoms with Gasteiger partial charge in [-0.25, -0.2) is 0 Å². The lowest BCUT2D eigenvalue weighted by molar-refractivity contribution is -0.124. The summed E-state index contributed by atoms with van der Waals surface area (Å²) in [6.45, 7) is 0.456. The number of hydrogen-bond acceptors (Lipinski definition) is 3. The number of methoxy groups -OCH3 is 2. The van der Waals surface area contributed by atoms with Crippen LogP contribution in [0.5, 0.6) is 11.5 Å². The van der Waals surface area contributed by atoms with Crippen LogP contribution in [-0.2, 0) is 11.3 Å². The normalized spacial score (nSPS) is 11.1. The first kappa shape index (κ1) is 20.2. The van der Waals surface area contributed by atoms with Crippen molar-refractivity contribution in [2.45, 2.75) is 6.54 Å². The standard InChI is InChI=1S/C25H25NO3/c1-26(18-20-14-15-23(28-2)24(17-20)29-3)25(27)22(21-12-8-5-9-13-21)16-19-10-6-4-7-11-19/h4-17H,18H2,1-3H3/b22-16+. The van der Waals surface area contributed by atoms with E-state index in [1.807, 2.05) is 84.9 Å². The fourth-order valence-corrected chi connectivity index (χ4v) is 3.13. The van der Waals surface area contributed by atoms with Gasteiger partial charge in [-0.1, -0.05) is 66.7 Å². The second-order valence-electron chi connectivity index (χ2n) is 6.69. The number of carbonyl (C=O) groups excluding carboxylic acids is 1. The van der Waals surface area contributed by atoms with E-state index < -0.39 is 0 Å². The molecule has 0 saturated carbocycles. The smallest absolute Gasteiger partial charge is 0.254 e. The quantitative estimate of drug-likeness (QED) is 0.427. The summed E-state index contributed by atoms with van der Waals surface area (Å²) in [5.74, 6) is 1.27. The highest BCUT2D eigenvalue weighted by Gasteiger charge is 2.17. The highest BCUT2D eigenvalue weighted by atomic mass is 16.5. The van der Waals surface area contributed by atoms with Crippen molar-refractivity contribution in [1.29, 1.82) is 0 Å². The minimum atomic E-state index is -0.0464. The molecule has 148 valence electrons. The van der Waals surface area contributed by atoms with Gasteiger partial charge in [0.2, 0.25) is 0 Å². The SMILES string of the molecule is COc1ccc(CN(C)C(=O)/C(=C/c2ccccc2)c2ccccc2)cc1OC. The van der Waals surface area contributed by atoms with Crippen molar-refractivity contribution in [3.8, 4) is 11.5 Å². The van der Waals surface area contributed by atoms with Gasteiger partial charge in [0.25, 0.3) is 5.91 Å². The van der Waals surface area contributed by atoms with Crippen molar-refractivity contribution in [2.24, 2.45) is 0 Å². The van der Waals surface area contributed by atoms with E-state index in [1.54, 1.807) is 26.2 Å². The van der Waals surface area contributed by atoms with Crippen LogP contribution in [-0.4, -0.2) is 32.1 Å². The summed E-state index contributed by atoms with van der Waals surface area (Å²) in [5.41, 5.74) is 3.49. The number of nitrogens with zero attached hydrogens (tertiary/aromatic N) is 1. The molecule has 0 bridgehead atoms. The molecule has 3 aromatic carbocycles. The lowest BCUT2D eigenvalue weighted by Gasteiger charge is -2.20. The zero-order valence-electron chi connectivity index (χ0n) is 17.0. The molecule has 29 heavy (non-hydrogen) atoms. The molecule has 0 unspecified atom stereocenters. The van der Waals surface area contributed by atoms with Crippen LogP contribution in [0.15, 0.2) is 78.9 Å². The van der Waals surface area contributed by atoms with Crippen LogP contribution in [0, 0.1) is 0 Å². The van der Waals surface area contributed by atoms with Gasteiger partial charge in [0.05, 0.1) is 14.2 Å². The average molecular weight is 387 g/mol. The number of likely N-dealkylation sites (N-methyl/N-ethyl adjacent to an activating group) is 1. The van der Waals surface area contributed by atoms with Gasteiger partial charge in [0, 0.05) is 19.2 Å². The van der Waals surface area contributed by atoms with Gasteiger partial charge in [-0.15, -0.1) is 0 Å². The summed E-state index contributed by atoms with van der Waals surface area (Å²) in [6, 6.07) is 25.3. The first-order valence-corrected chi connectivity index (χ1v) is 9.41. The van der Waals surface area contributed by atoms with Crippen LogP contribution in [0.1, 0.15) is 16.7 Å². The van der Waals surface area contributed by atoms with E-state index in [0.29, 0.717) is 23.6 Å². The molecule has 0 aliphatic rings. The molecule has 4 nitrogen and oxygen atoms in total. The molecular formula is C25H25NO3. The van der Waals surface area contributed by atoms with Gasteiger partial charge >= 0.3 is 0 Å². The predicted molar refractivity (Wildman–Crippen MR) is 117 cm³/mol. The zero-order valence-corrected chi connectivity index (χ0v) is 17.0. The van der Waals surface area contributed by atoms with Gasteiger partial charge in [0.15, 0.2) is 11.5 Å². The minimum absolute atomic E-state index is 0.0464. The molecule has 0 N–H and O–H groups in total. The van der Waals surface area contributed by atoms with Crippen LogP contribution in [0.25, 0.3) is 11.6 Å². The van der Waals surface area contributed by atoms with E-state index in [9.17, 15) is 4.79 Å². The van der Waals surface area contributed by atoms with Crippen LogP contribution in [0.2, 0.25) is 0 Å². The Morgan fingerprint density at radius 1 is 0.862 bits per heavy atom. The number of hydrogen-bond donors (Lipinski definition) is 0. The van der Waals surface area contributed by atoms with Gasteiger partial charge in [-0.2, -0.15) is 0 Å². The molecule has 0 aliphatic heterocycles. The van der Waals surface area contributed by atoms with Crippen LogP contribution in [0.4, 0.5) is 0 Å². The van der Waals surface area contributed by atoms with Crippen molar-refractivity contribution in [3.05, 3.63) is 95.6 Å². The van der Waals surface area contributed by atoms with Crippen LogP contribution in [0.3, 0.4) is 0 Å². The van der Waals surface area contributed by atoms with E-state index in [1.165, 1.54) is 0 Å². The Bertz CT molecular complexity index is 981. The van der Waals surface area contributed by atoms with Crippen molar-refractivity contribution in [2.75, 3.05) is 21.3 Å². The van der Waals surface area contributed by atoms with E-state index in [2.05, 4.69) is 0 Å². The molecule has 4 heteroatoms. The largest absolute Gasteiger partial charge is 0.493 e. The van der Waals surface area contributed by atoms with Crippen molar-refractivity contribution >= 4 is 17.6 Å². The van der Waals surface area contributed by atoms with Gasteiger partial charge in [0.1, 0.15) is 0 Å². The number of ether oxygens (including phenoxy) is 2. The molecule has 0 radical (unpaired) electrons. The Labute approximate surface area is 172 Å². The van der Waals surface area contributed by atoms with Crippen LogP contribution < -0.4 is 9.47 Å². The number of benzene rings is 3. The molecule has 3 aromatic rings. The van der Waals surface area contributed by atoms with E-state index in [4.69, 9.17) is 9.47 Å². The molecule has 0 atom stereocenters. The van der Waals surface area contributed by atoms with Gasteiger partial charge < -0.3 is 14.4 Å². The highest BCUT2D eigenvalue weighted by Crippen LogP contribution is 2.28. The molecule has 0 aromatic heterocycles. The Morgan fingerprint density at radius 3 is 2.10 bits per heavy atom. The van der Waals surface area contributed by atoms with Crippen LogP contribution >= 0.6 is 0 Å². The summed E-state index contributed by atoms with van der Waals surface area (Å²) in [6.07, 6.45) is 1.93. The lowest BCUT2D eigenvalue weighted by Crippen LogP contribution is -2.27. The number of carbonyl (C=O) groups is 1. The fourth-order valence-electron chi connectivity index (χ4n) is 3.13. The van der Waals surface area contributed by atoms with Gasteiger partial charge in [-0.05, 0) is 34.9 Å². The highest BCUT2D eigenvalue weighted by molar-refractivity contribution is 6.24. The molecule has 3 rings (SSSR count). The Morgan fingerprint density at radius 2 is 1.48 bits per heavy atom. The molecular weight excluding hydrogens is 362 g/mol. The molecule has 0 saturated heterocycles. The topological polar surface area (TPSA) is 38.8 Å². The third-order valence-electron chi connectivity index (χ3n) is 4.64. The van der Waals surface area contributed by atoms with Crippen molar-refractivity contribution in [1.82, 2.24) is 4.90 Å². The summed E-state index contributed by atoms with van der Waals surface area (Å²) in [7, 11) is 5.01. The van der Waals surface area contributed by atoms with E-state index in [0.717, 1.165) is 16.7 Å². The summed E-state index contributed by atoms with van der Waals surface area (Å²) in [5, 5.41) is 0. The zero-order chi connectivity index (χ0) is 20.6. The lowest BCUT2D eigenvalue weighted by atomic mass is 10.0. The number of rotatable bonds is 7. The Kier molecular flexibility index (Phi) is 6.69. The maximum absolute atomic E-state index is 13.3. The summed E-state index contributed by atoms with van der Waals surface area (Å²) < 4.78 is 10.7. The van der Waals surface area contributed by atoms with Crippen molar-refractivity contribution in [3.63, 3.8) is 0 Å². The predicted octanol–water partition coefficient (Wildman–Crippen LogP) is 4.90. The number of amides is 1. The molecule has 0 spiro atoms. The van der Waals surface area contributed by atoms with Gasteiger partial charge in [-0.3, -0.25) is 4.79 Å². The first-order valence-electron chi connectivity index (χ1n) is 9.41. The third-order valence-corrected chi connectivity index (χ3v) is 4.64. The second-order valence-corrected chi connectivity index (χ2v) is 6.69. The van der Waals surface area contributed by atoms with Crippen molar-refractivity contribution < 1.29 is 14.3 Å². The fraction of sp³-hybridized carbons (Fsp3) is 0.160. The average Bonchev–Trinajstić information content (AvgIpc) is 2.78. The second kappa shape index (κ2) is 9.60. The minimum Gasteiger partial charge on any atom is -0.493 e. The molecule has 0 fully saturated rings. The summed E-state index contributed by atoms with van der Waals surface area (Å²) >= 11 is 0. The molecule has 1 amide bonds. The molecule has 0 heterocycles. The Hall–Kier alpha value is -3.53. The Balaban J connectivity index is 1.89. The van der Waals surface area contributed by atoms with E-state index >= 15 is 0 Å². The van der Waals surface area contributed by atoms with E-state index in [-0.39, 0.29) is 5.91 Å². The monoisotopic (exact) mass is 387 g/mol. The third kappa shape index (κ3) is 5.05. The molecule has 0 aliphatic carbocycles.